The van der Waals surface area contributed by atoms with Gasteiger partial charge in [-0.15, -0.1) is 0 Å². The minimum Gasteiger partial charge on any atom is -0.354 e. The average Bonchev–Trinajstić information content (AvgIpc) is 2.63. The van der Waals surface area contributed by atoms with Gasteiger partial charge in [0.1, 0.15) is 0 Å². The first-order valence-corrected chi connectivity index (χ1v) is 10.2. The van der Waals surface area contributed by atoms with Gasteiger partial charge in [-0.05, 0) is 38.8 Å². The summed E-state index contributed by atoms with van der Waals surface area (Å²) in [5, 5.41) is 3.43. The van der Waals surface area contributed by atoms with Crippen molar-refractivity contribution < 1.29 is 4.79 Å². The molecule has 6 nitrogen and oxygen atoms in total. The van der Waals surface area contributed by atoms with Crippen LogP contribution in [0.2, 0.25) is 0 Å². The second kappa shape index (κ2) is 9.97. The third kappa shape index (κ3) is 5.85. The van der Waals surface area contributed by atoms with E-state index in [0.717, 1.165) is 25.3 Å². The van der Waals surface area contributed by atoms with Crippen LogP contribution in [0.1, 0.15) is 45.2 Å². The number of piperidine rings is 1. The van der Waals surface area contributed by atoms with E-state index in [1.807, 2.05) is 13.8 Å². The fraction of sp³-hybridized carbons (Fsp3) is 0.722. The highest BCUT2D eigenvalue weighted by Gasteiger charge is 2.20. The van der Waals surface area contributed by atoms with Crippen LogP contribution in [0.4, 0.5) is 0 Å². The van der Waals surface area contributed by atoms with Crippen LogP contribution in [0.15, 0.2) is 16.0 Å². The molecular weight excluding hydrogens is 336 g/mol. The molecule has 1 saturated heterocycles. The Hall–Kier alpha value is -1.34. The highest BCUT2D eigenvalue weighted by Crippen LogP contribution is 2.23. The molecule has 1 unspecified atom stereocenters. The van der Waals surface area contributed by atoms with Gasteiger partial charge in [0.05, 0.1) is 5.25 Å². The molecule has 25 heavy (non-hydrogen) atoms. The van der Waals surface area contributed by atoms with E-state index < -0.39 is 0 Å². The molecule has 2 heterocycles. The second-order valence-corrected chi connectivity index (χ2v) is 7.66. The summed E-state index contributed by atoms with van der Waals surface area (Å²) in [7, 11) is 1.71. The first kappa shape index (κ1) is 20.0. The lowest BCUT2D eigenvalue weighted by atomic mass is 10.1. The van der Waals surface area contributed by atoms with E-state index in [-0.39, 0.29) is 16.7 Å². The van der Waals surface area contributed by atoms with Crippen molar-refractivity contribution in [1.29, 1.82) is 0 Å². The van der Waals surface area contributed by atoms with E-state index in [9.17, 15) is 9.59 Å². The predicted octanol–water partition coefficient (Wildman–Crippen LogP) is 1.82. The zero-order valence-electron chi connectivity index (χ0n) is 15.6. The molecule has 140 valence electrons. The number of hydrogen-bond acceptors (Lipinski definition) is 5. The van der Waals surface area contributed by atoms with Gasteiger partial charge in [0, 0.05) is 31.9 Å². The number of aryl methyl sites for hydroxylation is 1. The molecule has 0 spiro atoms. The zero-order valence-corrected chi connectivity index (χ0v) is 16.4. The van der Waals surface area contributed by atoms with Crippen molar-refractivity contribution in [2.75, 3.05) is 26.2 Å². The molecule has 7 heteroatoms. The Balaban J connectivity index is 1.91. The summed E-state index contributed by atoms with van der Waals surface area (Å²) in [6, 6.07) is 1.56. The van der Waals surface area contributed by atoms with Crippen molar-refractivity contribution >= 4 is 17.7 Å². The Morgan fingerprint density at radius 1 is 1.32 bits per heavy atom. The predicted molar refractivity (Wildman–Crippen MR) is 102 cm³/mol. The molecule has 0 aliphatic carbocycles. The molecule has 2 rings (SSSR count). The van der Waals surface area contributed by atoms with Gasteiger partial charge < -0.3 is 10.2 Å². The Morgan fingerprint density at radius 2 is 2.04 bits per heavy atom. The first-order chi connectivity index (χ1) is 12.0. The number of nitrogens with zero attached hydrogens (tertiary/aromatic N) is 3. The van der Waals surface area contributed by atoms with Gasteiger partial charge in [0.25, 0.3) is 5.56 Å². The normalized spacial score (nSPS) is 16.6. The molecule has 1 aliphatic rings. The molecule has 1 aromatic heterocycles. The van der Waals surface area contributed by atoms with E-state index >= 15 is 0 Å². The summed E-state index contributed by atoms with van der Waals surface area (Å²) in [5.74, 6) is 0.0284. The fourth-order valence-corrected chi connectivity index (χ4v) is 3.96. The van der Waals surface area contributed by atoms with Crippen LogP contribution in [0.5, 0.6) is 0 Å². The van der Waals surface area contributed by atoms with E-state index in [1.54, 1.807) is 13.1 Å². The van der Waals surface area contributed by atoms with Crippen molar-refractivity contribution in [3.63, 3.8) is 0 Å². The average molecular weight is 367 g/mol. The van der Waals surface area contributed by atoms with Crippen LogP contribution in [-0.4, -0.2) is 51.8 Å². The van der Waals surface area contributed by atoms with Gasteiger partial charge in [-0.3, -0.25) is 14.2 Å². The summed E-state index contributed by atoms with van der Waals surface area (Å²) >= 11 is 1.38. The molecule has 1 aromatic rings. The molecule has 0 saturated carbocycles. The lowest BCUT2D eigenvalue weighted by molar-refractivity contribution is -0.120. The molecule has 0 bridgehead atoms. The Kier molecular flexibility index (Phi) is 7.96. The maximum Gasteiger partial charge on any atom is 0.254 e. The number of hydrogen-bond donors (Lipinski definition) is 1. The van der Waals surface area contributed by atoms with Gasteiger partial charge in [0.2, 0.25) is 5.91 Å². The standard InChI is InChI=1S/C18H30N4O2S/c1-4-14-13-16(23)21(3)18(20-14)25-15(5-2)17(24)19-9-12-22-10-7-6-8-11-22/h13,15H,4-12H2,1-3H3,(H,19,24). The van der Waals surface area contributed by atoms with Gasteiger partial charge in [-0.25, -0.2) is 4.98 Å². The lowest BCUT2D eigenvalue weighted by Gasteiger charge is -2.26. The largest absolute Gasteiger partial charge is 0.354 e. The number of carbonyl (C=O) groups is 1. The highest BCUT2D eigenvalue weighted by molar-refractivity contribution is 8.00. The van der Waals surface area contributed by atoms with Crippen LogP contribution in [0, 0.1) is 0 Å². The number of amides is 1. The van der Waals surface area contributed by atoms with Crippen molar-refractivity contribution in [2.24, 2.45) is 7.05 Å². The third-order valence-electron chi connectivity index (χ3n) is 4.60. The van der Waals surface area contributed by atoms with Gasteiger partial charge in [-0.2, -0.15) is 0 Å². The Morgan fingerprint density at radius 3 is 2.68 bits per heavy atom. The Labute approximate surface area is 154 Å². The number of nitrogens with one attached hydrogen (secondary N) is 1. The van der Waals surface area contributed by atoms with E-state index in [0.29, 0.717) is 24.5 Å². The van der Waals surface area contributed by atoms with Crippen molar-refractivity contribution in [3.05, 3.63) is 22.1 Å². The summed E-state index contributed by atoms with van der Waals surface area (Å²) in [4.78, 5) is 31.4. The van der Waals surface area contributed by atoms with Crippen LogP contribution < -0.4 is 10.9 Å². The fourth-order valence-electron chi connectivity index (χ4n) is 2.93. The number of carbonyl (C=O) groups excluding carboxylic acids is 1. The monoisotopic (exact) mass is 366 g/mol. The highest BCUT2D eigenvalue weighted by atomic mass is 32.2. The number of likely N-dealkylation sites (tertiary alicyclic amines) is 1. The number of aromatic nitrogens is 2. The molecule has 1 aliphatic heterocycles. The first-order valence-electron chi connectivity index (χ1n) is 9.28. The number of thioether (sulfide) groups is 1. The summed E-state index contributed by atoms with van der Waals surface area (Å²) in [6.07, 6.45) is 5.25. The smallest absolute Gasteiger partial charge is 0.254 e. The third-order valence-corrected chi connectivity index (χ3v) is 6.00. The van der Waals surface area contributed by atoms with E-state index in [4.69, 9.17) is 0 Å². The number of rotatable bonds is 8. The van der Waals surface area contributed by atoms with E-state index in [2.05, 4.69) is 15.2 Å². The van der Waals surface area contributed by atoms with Gasteiger partial charge in [-0.1, -0.05) is 32.0 Å². The minimum atomic E-state index is -0.230. The van der Waals surface area contributed by atoms with Crippen molar-refractivity contribution in [2.45, 2.75) is 56.4 Å². The topological polar surface area (TPSA) is 67.2 Å². The quantitative estimate of drug-likeness (QED) is 0.561. The summed E-state index contributed by atoms with van der Waals surface area (Å²) in [5.41, 5.74) is 0.695. The Bertz CT molecular complexity index is 626. The van der Waals surface area contributed by atoms with Crippen LogP contribution in [0.3, 0.4) is 0 Å². The SMILES string of the molecule is CCc1cc(=O)n(C)c(SC(CC)C(=O)NCCN2CCCCC2)n1. The maximum absolute atomic E-state index is 12.5. The molecule has 0 radical (unpaired) electrons. The van der Waals surface area contributed by atoms with Crippen LogP contribution in [0.25, 0.3) is 0 Å². The molecule has 0 aromatic carbocycles. The minimum absolute atomic E-state index is 0.0284. The molecule has 1 N–H and O–H groups in total. The summed E-state index contributed by atoms with van der Waals surface area (Å²) < 4.78 is 1.52. The maximum atomic E-state index is 12.5. The van der Waals surface area contributed by atoms with Crippen molar-refractivity contribution in [3.8, 4) is 0 Å². The van der Waals surface area contributed by atoms with Gasteiger partial charge in [0.15, 0.2) is 5.16 Å². The van der Waals surface area contributed by atoms with E-state index in [1.165, 1.54) is 35.6 Å². The van der Waals surface area contributed by atoms with Crippen LogP contribution in [-0.2, 0) is 18.3 Å². The lowest BCUT2D eigenvalue weighted by Crippen LogP contribution is -2.40. The molecule has 1 atom stereocenters. The van der Waals surface area contributed by atoms with Gasteiger partial charge >= 0.3 is 0 Å². The second-order valence-electron chi connectivity index (χ2n) is 6.49. The molecule has 1 amide bonds. The molecule has 1 fully saturated rings. The van der Waals surface area contributed by atoms with Crippen molar-refractivity contribution in [1.82, 2.24) is 19.8 Å². The summed E-state index contributed by atoms with van der Waals surface area (Å²) in [6.45, 7) is 7.83. The molecular formula is C18H30N4O2S. The zero-order chi connectivity index (χ0) is 18.2. The van der Waals surface area contributed by atoms with Crippen LogP contribution >= 0.6 is 11.8 Å².